The van der Waals surface area contributed by atoms with Gasteiger partial charge < -0.3 is 9.42 Å². The second-order valence-corrected chi connectivity index (χ2v) is 7.82. The van der Waals surface area contributed by atoms with Gasteiger partial charge in [0.1, 0.15) is 0 Å². The summed E-state index contributed by atoms with van der Waals surface area (Å²) < 4.78 is 7.21. The first-order valence-electron chi connectivity index (χ1n) is 9.42. The van der Waals surface area contributed by atoms with Crippen LogP contribution in [-0.2, 0) is 0 Å². The van der Waals surface area contributed by atoms with Crippen LogP contribution in [0, 0.1) is 0 Å². The first-order valence-corrected chi connectivity index (χ1v) is 10.3. The number of carbonyl (C=O) groups excluding carboxylic acids is 1. The maximum Gasteiger partial charge on any atom is 0.280 e. The molecule has 0 unspecified atom stereocenters. The van der Waals surface area contributed by atoms with Gasteiger partial charge in [-0.1, -0.05) is 46.8 Å². The van der Waals surface area contributed by atoms with Crippen LogP contribution in [0.3, 0.4) is 0 Å². The van der Waals surface area contributed by atoms with Crippen molar-refractivity contribution in [2.24, 2.45) is 0 Å². The van der Waals surface area contributed by atoms with E-state index in [2.05, 4.69) is 20.5 Å². The lowest BCUT2D eigenvalue weighted by atomic mass is 10.1. The maximum absolute atomic E-state index is 12.5. The van der Waals surface area contributed by atoms with Gasteiger partial charge in [0.05, 0.1) is 17.1 Å². The average molecular weight is 406 g/mol. The van der Waals surface area contributed by atoms with Crippen LogP contribution in [0.1, 0.15) is 28.6 Å². The molecule has 1 aliphatic heterocycles. The molecule has 0 atom stereocenters. The standard InChI is InChI=1S/C20H18N6O2S/c27-20(17-7-4-12-29-17)25-10-8-15(9-11-25)26-13-16(22-24-26)19-21-18(23-28-19)14-5-2-1-3-6-14/h1-7,12-13,15H,8-11H2. The maximum atomic E-state index is 12.5. The van der Waals surface area contributed by atoms with Crippen molar-refractivity contribution in [3.8, 4) is 23.0 Å². The summed E-state index contributed by atoms with van der Waals surface area (Å²) in [5.41, 5.74) is 1.44. The van der Waals surface area contributed by atoms with Gasteiger partial charge in [0.15, 0.2) is 5.69 Å². The van der Waals surface area contributed by atoms with E-state index >= 15 is 0 Å². The molecule has 0 aliphatic carbocycles. The van der Waals surface area contributed by atoms with Gasteiger partial charge in [0, 0.05) is 18.7 Å². The van der Waals surface area contributed by atoms with Crippen molar-refractivity contribution >= 4 is 17.2 Å². The monoisotopic (exact) mass is 406 g/mol. The predicted molar refractivity (Wildman–Crippen MR) is 107 cm³/mol. The highest BCUT2D eigenvalue weighted by Crippen LogP contribution is 2.26. The second kappa shape index (κ2) is 7.59. The summed E-state index contributed by atoms with van der Waals surface area (Å²) in [5, 5.41) is 14.4. The number of likely N-dealkylation sites (tertiary alicyclic amines) is 1. The van der Waals surface area contributed by atoms with Crippen LogP contribution in [0.15, 0.2) is 58.6 Å². The average Bonchev–Trinajstić information content (AvgIpc) is 3.55. The van der Waals surface area contributed by atoms with E-state index in [1.165, 1.54) is 11.3 Å². The zero-order valence-electron chi connectivity index (χ0n) is 15.5. The molecule has 0 spiro atoms. The Balaban J connectivity index is 1.26. The molecule has 9 heteroatoms. The van der Waals surface area contributed by atoms with Gasteiger partial charge in [-0.05, 0) is 24.3 Å². The van der Waals surface area contributed by atoms with Gasteiger partial charge >= 0.3 is 0 Å². The Morgan fingerprint density at radius 3 is 2.69 bits per heavy atom. The van der Waals surface area contributed by atoms with Crippen LogP contribution < -0.4 is 0 Å². The Kier molecular flexibility index (Phi) is 4.65. The summed E-state index contributed by atoms with van der Waals surface area (Å²) in [6, 6.07) is 13.6. The van der Waals surface area contributed by atoms with E-state index in [0.29, 0.717) is 30.5 Å². The molecular formula is C20H18N6O2S. The van der Waals surface area contributed by atoms with Crippen LogP contribution >= 0.6 is 11.3 Å². The zero-order valence-corrected chi connectivity index (χ0v) is 16.3. The fourth-order valence-electron chi connectivity index (χ4n) is 3.47. The molecule has 0 saturated carbocycles. The molecule has 0 radical (unpaired) electrons. The third-order valence-corrected chi connectivity index (χ3v) is 5.90. The van der Waals surface area contributed by atoms with Crippen LogP contribution in [0.2, 0.25) is 0 Å². The number of hydrogen-bond donors (Lipinski definition) is 0. The minimum Gasteiger partial charge on any atom is -0.338 e. The molecule has 1 aliphatic rings. The predicted octanol–water partition coefficient (Wildman–Crippen LogP) is 3.53. The molecule has 29 heavy (non-hydrogen) atoms. The highest BCUT2D eigenvalue weighted by Gasteiger charge is 2.26. The summed E-state index contributed by atoms with van der Waals surface area (Å²) in [4.78, 5) is 19.6. The lowest BCUT2D eigenvalue weighted by Crippen LogP contribution is -2.38. The molecule has 4 aromatic rings. The first kappa shape index (κ1) is 17.7. The fraction of sp³-hybridized carbons (Fsp3) is 0.250. The molecule has 0 bridgehead atoms. The van der Waals surface area contributed by atoms with Crippen molar-refractivity contribution in [2.45, 2.75) is 18.9 Å². The SMILES string of the molecule is O=C(c1cccs1)N1CCC(n2cc(-c3nc(-c4ccccc4)no3)nn2)CC1. The van der Waals surface area contributed by atoms with E-state index in [9.17, 15) is 4.79 Å². The highest BCUT2D eigenvalue weighted by atomic mass is 32.1. The molecule has 5 rings (SSSR count). The number of rotatable bonds is 4. The normalized spacial score (nSPS) is 15.0. The Morgan fingerprint density at radius 1 is 1.10 bits per heavy atom. The minimum atomic E-state index is 0.108. The third kappa shape index (κ3) is 3.56. The van der Waals surface area contributed by atoms with E-state index in [0.717, 1.165) is 23.3 Å². The van der Waals surface area contributed by atoms with Crippen LogP contribution in [0.5, 0.6) is 0 Å². The van der Waals surface area contributed by atoms with E-state index in [1.54, 1.807) is 0 Å². The first-order chi connectivity index (χ1) is 14.3. The lowest BCUT2D eigenvalue weighted by molar-refractivity contribution is 0.0694. The van der Waals surface area contributed by atoms with Crippen molar-refractivity contribution in [1.82, 2.24) is 30.0 Å². The summed E-state index contributed by atoms with van der Waals surface area (Å²) in [7, 11) is 0. The van der Waals surface area contributed by atoms with E-state index in [1.807, 2.05) is 63.6 Å². The summed E-state index contributed by atoms with van der Waals surface area (Å²) in [6.07, 6.45) is 3.50. The summed E-state index contributed by atoms with van der Waals surface area (Å²) in [6.45, 7) is 1.41. The molecule has 1 saturated heterocycles. The molecule has 1 fully saturated rings. The quantitative estimate of drug-likeness (QED) is 0.515. The van der Waals surface area contributed by atoms with Gasteiger partial charge in [-0.3, -0.25) is 4.79 Å². The number of hydrogen-bond acceptors (Lipinski definition) is 7. The van der Waals surface area contributed by atoms with E-state index in [4.69, 9.17) is 4.52 Å². The molecule has 1 amide bonds. The summed E-state index contributed by atoms with van der Waals surface area (Å²) in [5.74, 6) is 0.980. The highest BCUT2D eigenvalue weighted by molar-refractivity contribution is 7.12. The fourth-order valence-corrected chi connectivity index (χ4v) is 4.17. The number of aromatic nitrogens is 5. The van der Waals surface area contributed by atoms with Gasteiger partial charge in [-0.15, -0.1) is 16.4 Å². The Hall–Kier alpha value is -3.33. The Labute approximate surface area is 170 Å². The van der Waals surface area contributed by atoms with Crippen molar-refractivity contribution < 1.29 is 9.32 Å². The second-order valence-electron chi connectivity index (χ2n) is 6.87. The van der Waals surface area contributed by atoms with Crippen molar-refractivity contribution in [3.05, 3.63) is 58.9 Å². The number of benzene rings is 1. The Morgan fingerprint density at radius 2 is 1.93 bits per heavy atom. The number of amides is 1. The van der Waals surface area contributed by atoms with E-state index < -0.39 is 0 Å². The molecular weight excluding hydrogens is 388 g/mol. The van der Waals surface area contributed by atoms with Crippen molar-refractivity contribution in [2.75, 3.05) is 13.1 Å². The molecule has 4 heterocycles. The molecule has 1 aromatic carbocycles. The van der Waals surface area contributed by atoms with Gasteiger partial charge in [0.2, 0.25) is 5.82 Å². The minimum absolute atomic E-state index is 0.108. The molecule has 3 aromatic heterocycles. The number of piperidine rings is 1. The van der Waals surface area contributed by atoms with Gasteiger partial charge in [-0.25, -0.2) is 4.68 Å². The molecule has 8 nitrogen and oxygen atoms in total. The van der Waals surface area contributed by atoms with Crippen molar-refractivity contribution in [1.29, 1.82) is 0 Å². The third-order valence-electron chi connectivity index (χ3n) is 5.05. The largest absolute Gasteiger partial charge is 0.338 e. The lowest BCUT2D eigenvalue weighted by Gasteiger charge is -2.31. The van der Waals surface area contributed by atoms with Crippen LogP contribution in [0.4, 0.5) is 0 Å². The zero-order chi connectivity index (χ0) is 19.6. The van der Waals surface area contributed by atoms with Crippen LogP contribution in [-0.4, -0.2) is 49.0 Å². The van der Waals surface area contributed by atoms with Gasteiger partial charge in [-0.2, -0.15) is 4.98 Å². The summed E-state index contributed by atoms with van der Waals surface area (Å²) >= 11 is 1.48. The molecule has 146 valence electrons. The number of nitrogens with zero attached hydrogens (tertiary/aromatic N) is 6. The smallest absolute Gasteiger partial charge is 0.280 e. The number of carbonyl (C=O) groups is 1. The van der Waals surface area contributed by atoms with E-state index in [-0.39, 0.29) is 11.9 Å². The Bertz CT molecular complexity index is 1100. The van der Waals surface area contributed by atoms with Crippen molar-refractivity contribution in [3.63, 3.8) is 0 Å². The molecule has 0 N–H and O–H groups in total. The van der Waals surface area contributed by atoms with Gasteiger partial charge in [0.25, 0.3) is 11.8 Å². The number of thiophene rings is 1. The van der Waals surface area contributed by atoms with Crippen LogP contribution in [0.25, 0.3) is 23.0 Å². The topological polar surface area (TPSA) is 89.9 Å².